The molecule has 1 N–H and O–H groups in total. The van der Waals surface area contributed by atoms with Gasteiger partial charge in [0.1, 0.15) is 6.10 Å². The summed E-state index contributed by atoms with van der Waals surface area (Å²) in [5, 5.41) is 10.1. The van der Waals surface area contributed by atoms with Crippen LogP contribution < -0.4 is 0 Å². The molecule has 3 nitrogen and oxygen atoms in total. The molecular weight excluding hydrogens is 240 g/mol. The van der Waals surface area contributed by atoms with Crippen molar-refractivity contribution in [3.8, 4) is 0 Å². The molecule has 1 aliphatic heterocycles. The lowest BCUT2D eigenvalue weighted by Crippen LogP contribution is -2.25. The second-order valence-corrected chi connectivity index (χ2v) is 5.39. The average Bonchev–Trinajstić information content (AvgIpc) is 2.43. The number of hydrogen-bond acceptors (Lipinski definition) is 3. The fourth-order valence-electron chi connectivity index (χ4n) is 2.32. The van der Waals surface area contributed by atoms with E-state index < -0.39 is 6.10 Å². The molecule has 1 saturated heterocycles. The van der Waals surface area contributed by atoms with Crippen LogP contribution in [-0.4, -0.2) is 31.0 Å². The normalized spacial score (nSPS) is 21.3. The van der Waals surface area contributed by atoms with Crippen LogP contribution in [0.3, 0.4) is 0 Å². The van der Waals surface area contributed by atoms with Crippen molar-refractivity contribution in [3.63, 3.8) is 0 Å². The van der Waals surface area contributed by atoms with Crippen LogP contribution in [-0.2, 0) is 9.47 Å². The molecule has 2 unspecified atom stereocenters. The van der Waals surface area contributed by atoms with E-state index in [4.69, 9.17) is 9.47 Å². The van der Waals surface area contributed by atoms with Gasteiger partial charge in [-0.05, 0) is 49.8 Å². The van der Waals surface area contributed by atoms with Gasteiger partial charge in [-0.15, -0.1) is 0 Å². The summed E-state index contributed by atoms with van der Waals surface area (Å²) in [4.78, 5) is 0. The molecule has 0 amide bonds. The molecule has 19 heavy (non-hydrogen) atoms. The zero-order valence-electron chi connectivity index (χ0n) is 11.9. The lowest BCUT2D eigenvalue weighted by Gasteiger charge is -2.23. The molecule has 1 aromatic carbocycles. The van der Waals surface area contributed by atoms with Crippen molar-refractivity contribution in [2.75, 3.05) is 19.8 Å². The topological polar surface area (TPSA) is 38.7 Å². The molecule has 0 saturated carbocycles. The molecule has 1 aromatic rings. The highest BCUT2D eigenvalue weighted by molar-refractivity contribution is 5.31. The lowest BCUT2D eigenvalue weighted by atomic mass is 10.0. The zero-order valence-corrected chi connectivity index (χ0v) is 11.9. The van der Waals surface area contributed by atoms with Crippen molar-refractivity contribution in [1.29, 1.82) is 0 Å². The highest BCUT2D eigenvalue weighted by Gasteiger charge is 2.15. The van der Waals surface area contributed by atoms with Gasteiger partial charge in [0, 0.05) is 6.61 Å². The predicted octanol–water partition coefficient (Wildman–Crippen LogP) is 2.92. The molecule has 0 spiro atoms. The van der Waals surface area contributed by atoms with E-state index in [-0.39, 0.29) is 6.10 Å². The third kappa shape index (κ3) is 4.30. The summed E-state index contributed by atoms with van der Waals surface area (Å²) in [5.74, 6) is 0. The predicted molar refractivity (Wildman–Crippen MR) is 75.3 cm³/mol. The van der Waals surface area contributed by atoms with Crippen molar-refractivity contribution in [2.24, 2.45) is 0 Å². The fourth-order valence-corrected chi connectivity index (χ4v) is 2.32. The molecule has 2 atom stereocenters. The third-order valence-electron chi connectivity index (χ3n) is 3.77. The number of ether oxygens (including phenoxy) is 2. The van der Waals surface area contributed by atoms with E-state index in [2.05, 4.69) is 13.8 Å². The maximum Gasteiger partial charge on any atom is 0.102 e. The largest absolute Gasteiger partial charge is 0.386 e. The minimum absolute atomic E-state index is 0.209. The van der Waals surface area contributed by atoms with Gasteiger partial charge in [0.05, 0.1) is 19.3 Å². The Morgan fingerprint density at radius 1 is 1.32 bits per heavy atom. The van der Waals surface area contributed by atoms with Gasteiger partial charge < -0.3 is 14.6 Å². The van der Waals surface area contributed by atoms with Gasteiger partial charge in [-0.1, -0.05) is 18.2 Å². The van der Waals surface area contributed by atoms with Crippen LogP contribution in [0.25, 0.3) is 0 Å². The molecule has 1 fully saturated rings. The molecule has 3 heteroatoms. The number of hydrogen-bond donors (Lipinski definition) is 1. The smallest absolute Gasteiger partial charge is 0.102 e. The quantitative estimate of drug-likeness (QED) is 0.888. The van der Waals surface area contributed by atoms with Crippen LogP contribution >= 0.6 is 0 Å². The Balaban J connectivity index is 1.76. The molecule has 106 valence electrons. The fraction of sp³-hybridized carbons (Fsp3) is 0.625. The maximum atomic E-state index is 10.1. The Labute approximate surface area is 115 Å². The molecule has 2 rings (SSSR count). The number of aliphatic hydroxyl groups is 1. The van der Waals surface area contributed by atoms with Crippen LogP contribution in [0.2, 0.25) is 0 Å². The lowest BCUT2D eigenvalue weighted by molar-refractivity contribution is -0.0574. The first kappa shape index (κ1) is 14.5. The van der Waals surface area contributed by atoms with E-state index in [0.29, 0.717) is 13.2 Å². The molecule has 1 heterocycles. The van der Waals surface area contributed by atoms with Crippen LogP contribution in [0.15, 0.2) is 18.2 Å². The average molecular weight is 264 g/mol. The van der Waals surface area contributed by atoms with E-state index in [9.17, 15) is 5.11 Å². The second-order valence-electron chi connectivity index (χ2n) is 5.39. The first-order chi connectivity index (χ1) is 9.16. The van der Waals surface area contributed by atoms with Crippen molar-refractivity contribution in [2.45, 2.75) is 45.3 Å². The van der Waals surface area contributed by atoms with Crippen LogP contribution in [0.5, 0.6) is 0 Å². The minimum Gasteiger partial charge on any atom is -0.386 e. The molecule has 0 bridgehead atoms. The SMILES string of the molecule is Cc1ccc(C(O)COCC2CCCCO2)cc1C. The summed E-state index contributed by atoms with van der Waals surface area (Å²) in [6, 6.07) is 6.03. The van der Waals surface area contributed by atoms with E-state index >= 15 is 0 Å². The molecule has 0 aromatic heterocycles. The summed E-state index contributed by atoms with van der Waals surface area (Å²) >= 11 is 0. The van der Waals surface area contributed by atoms with E-state index in [1.807, 2.05) is 18.2 Å². The second kappa shape index (κ2) is 7.04. The van der Waals surface area contributed by atoms with Gasteiger partial charge in [0.25, 0.3) is 0 Å². The van der Waals surface area contributed by atoms with Crippen molar-refractivity contribution in [3.05, 3.63) is 34.9 Å². The van der Waals surface area contributed by atoms with Crippen molar-refractivity contribution < 1.29 is 14.6 Å². The first-order valence-corrected chi connectivity index (χ1v) is 7.11. The Morgan fingerprint density at radius 2 is 2.16 bits per heavy atom. The number of benzene rings is 1. The van der Waals surface area contributed by atoms with Gasteiger partial charge >= 0.3 is 0 Å². The highest BCUT2D eigenvalue weighted by Crippen LogP contribution is 2.18. The van der Waals surface area contributed by atoms with Crippen LogP contribution in [0.4, 0.5) is 0 Å². The summed E-state index contributed by atoms with van der Waals surface area (Å²) in [6.45, 7) is 5.89. The Kier molecular flexibility index (Phi) is 5.37. The summed E-state index contributed by atoms with van der Waals surface area (Å²) in [6.07, 6.45) is 3.10. The molecular formula is C16H24O3. The summed E-state index contributed by atoms with van der Waals surface area (Å²) < 4.78 is 11.2. The van der Waals surface area contributed by atoms with Gasteiger partial charge in [-0.2, -0.15) is 0 Å². The van der Waals surface area contributed by atoms with Gasteiger partial charge in [-0.25, -0.2) is 0 Å². The first-order valence-electron chi connectivity index (χ1n) is 7.11. The highest BCUT2D eigenvalue weighted by atomic mass is 16.5. The van der Waals surface area contributed by atoms with Gasteiger partial charge in [0.2, 0.25) is 0 Å². The Hall–Kier alpha value is -0.900. The maximum absolute atomic E-state index is 10.1. The number of aliphatic hydroxyl groups excluding tert-OH is 1. The van der Waals surface area contributed by atoms with Gasteiger partial charge in [0.15, 0.2) is 0 Å². The standard InChI is InChI=1S/C16H24O3/c1-12-6-7-14(9-13(12)2)16(17)11-18-10-15-5-3-4-8-19-15/h6-7,9,15-17H,3-5,8,10-11H2,1-2H3. The van der Waals surface area contributed by atoms with E-state index in [1.165, 1.54) is 17.5 Å². The molecule has 1 aliphatic rings. The van der Waals surface area contributed by atoms with Crippen molar-refractivity contribution in [1.82, 2.24) is 0 Å². The Morgan fingerprint density at radius 3 is 2.84 bits per heavy atom. The number of aryl methyl sites for hydroxylation is 2. The third-order valence-corrected chi connectivity index (χ3v) is 3.77. The van der Waals surface area contributed by atoms with E-state index in [0.717, 1.165) is 25.0 Å². The van der Waals surface area contributed by atoms with E-state index in [1.54, 1.807) is 0 Å². The van der Waals surface area contributed by atoms with Crippen LogP contribution in [0.1, 0.15) is 42.1 Å². The monoisotopic (exact) mass is 264 g/mol. The Bertz CT molecular complexity index is 397. The van der Waals surface area contributed by atoms with Crippen LogP contribution in [0, 0.1) is 13.8 Å². The summed E-state index contributed by atoms with van der Waals surface area (Å²) in [7, 11) is 0. The molecule has 0 radical (unpaired) electrons. The zero-order chi connectivity index (χ0) is 13.7. The summed E-state index contributed by atoms with van der Waals surface area (Å²) in [5.41, 5.74) is 3.37. The molecule has 0 aliphatic carbocycles. The van der Waals surface area contributed by atoms with Crippen molar-refractivity contribution >= 4 is 0 Å². The minimum atomic E-state index is -0.553. The van der Waals surface area contributed by atoms with Gasteiger partial charge in [-0.3, -0.25) is 0 Å². The number of rotatable bonds is 5.